The van der Waals surface area contributed by atoms with Gasteiger partial charge in [-0.25, -0.2) is 0 Å². The maximum Gasteiger partial charge on any atom is 0.217 e. The summed E-state index contributed by atoms with van der Waals surface area (Å²) in [5.74, 6) is 0.874. The van der Waals surface area contributed by atoms with E-state index < -0.39 is 0 Å². The van der Waals surface area contributed by atoms with Gasteiger partial charge < -0.3 is 10.5 Å². The van der Waals surface area contributed by atoms with Gasteiger partial charge in [0.1, 0.15) is 5.75 Å². The minimum absolute atomic E-state index is 0.245. The lowest BCUT2D eigenvalue weighted by Crippen LogP contribution is -2.15. The van der Waals surface area contributed by atoms with Gasteiger partial charge in [0.2, 0.25) is 5.91 Å². The fourth-order valence-electron chi connectivity index (χ4n) is 1.62. The van der Waals surface area contributed by atoms with Gasteiger partial charge in [-0.15, -0.1) is 0 Å². The Bertz CT molecular complexity index is 336. The predicted molar refractivity (Wildman–Crippen MR) is 59.7 cm³/mol. The van der Waals surface area contributed by atoms with Crippen molar-refractivity contribution < 1.29 is 9.53 Å². The van der Waals surface area contributed by atoms with Crippen LogP contribution in [0, 0.1) is 5.92 Å². The first-order valence-corrected chi connectivity index (χ1v) is 5.03. The number of methoxy groups -OCH3 is 1. The molecule has 82 valence electrons. The van der Waals surface area contributed by atoms with Gasteiger partial charge >= 0.3 is 0 Å². The molecule has 0 bridgehead atoms. The van der Waals surface area contributed by atoms with Crippen molar-refractivity contribution in [1.82, 2.24) is 0 Å². The van der Waals surface area contributed by atoms with E-state index in [1.807, 2.05) is 31.2 Å². The molecule has 1 aromatic rings. The van der Waals surface area contributed by atoms with Gasteiger partial charge in [-0.2, -0.15) is 0 Å². The fraction of sp³-hybridized carbons (Fsp3) is 0.417. The summed E-state index contributed by atoms with van der Waals surface area (Å²) < 4.78 is 5.13. The van der Waals surface area contributed by atoms with E-state index in [1.165, 1.54) is 5.56 Å². The van der Waals surface area contributed by atoms with Crippen LogP contribution in [0.25, 0.3) is 0 Å². The van der Waals surface area contributed by atoms with Crippen molar-refractivity contribution in [2.75, 3.05) is 7.11 Å². The zero-order chi connectivity index (χ0) is 11.3. The Morgan fingerprint density at radius 2 is 2.27 bits per heavy atom. The summed E-state index contributed by atoms with van der Waals surface area (Å²) >= 11 is 0. The second-order valence-electron chi connectivity index (χ2n) is 3.83. The normalized spacial score (nSPS) is 12.1. The average molecular weight is 207 g/mol. The van der Waals surface area contributed by atoms with Crippen molar-refractivity contribution in [3.63, 3.8) is 0 Å². The third kappa shape index (κ3) is 4.02. The number of hydrogen-bond donors (Lipinski definition) is 1. The molecule has 0 aromatic heterocycles. The number of primary amides is 1. The molecule has 1 atom stereocenters. The lowest BCUT2D eigenvalue weighted by molar-refractivity contribution is -0.118. The van der Waals surface area contributed by atoms with E-state index >= 15 is 0 Å². The first kappa shape index (κ1) is 11.6. The number of rotatable bonds is 5. The largest absolute Gasteiger partial charge is 0.497 e. The molecule has 0 unspecified atom stereocenters. The zero-order valence-corrected chi connectivity index (χ0v) is 9.19. The van der Waals surface area contributed by atoms with Crippen LogP contribution in [0.2, 0.25) is 0 Å². The number of benzene rings is 1. The van der Waals surface area contributed by atoms with Gasteiger partial charge in [-0.1, -0.05) is 19.1 Å². The predicted octanol–water partition coefficient (Wildman–Crippen LogP) is 1.75. The summed E-state index contributed by atoms with van der Waals surface area (Å²) in [4.78, 5) is 10.7. The van der Waals surface area contributed by atoms with Crippen molar-refractivity contribution in [1.29, 1.82) is 0 Å². The lowest BCUT2D eigenvalue weighted by Gasteiger charge is -2.09. The number of carbonyl (C=O) groups is 1. The smallest absolute Gasteiger partial charge is 0.217 e. The highest BCUT2D eigenvalue weighted by Crippen LogP contribution is 2.17. The summed E-state index contributed by atoms with van der Waals surface area (Å²) in [7, 11) is 1.64. The SMILES string of the molecule is COc1cccc(C[C@@H](C)CC(N)=O)c1. The summed E-state index contributed by atoms with van der Waals surface area (Å²) in [5.41, 5.74) is 6.31. The highest BCUT2D eigenvalue weighted by atomic mass is 16.5. The van der Waals surface area contributed by atoms with Crippen LogP contribution >= 0.6 is 0 Å². The summed E-state index contributed by atoms with van der Waals surface area (Å²) in [6, 6.07) is 7.87. The summed E-state index contributed by atoms with van der Waals surface area (Å²) in [6.07, 6.45) is 1.28. The fourth-order valence-corrected chi connectivity index (χ4v) is 1.62. The van der Waals surface area contributed by atoms with Crippen molar-refractivity contribution in [3.8, 4) is 5.75 Å². The molecule has 0 aliphatic rings. The monoisotopic (exact) mass is 207 g/mol. The molecule has 1 rings (SSSR count). The average Bonchev–Trinajstić information content (AvgIpc) is 2.16. The molecule has 0 radical (unpaired) electrons. The Balaban J connectivity index is 2.59. The standard InChI is InChI=1S/C12H17NO2/c1-9(7-12(13)14)6-10-4-3-5-11(8-10)15-2/h3-5,8-9H,6-7H2,1-2H3,(H2,13,14)/t9-/m1/s1. The van der Waals surface area contributed by atoms with E-state index in [1.54, 1.807) is 7.11 Å². The van der Waals surface area contributed by atoms with Gasteiger partial charge in [0.25, 0.3) is 0 Å². The van der Waals surface area contributed by atoms with E-state index in [9.17, 15) is 4.79 Å². The number of nitrogens with two attached hydrogens (primary N) is 1. The van der Waals surface area contributed by atoms with Crippen molar-refractivity contribution in [2.24, 2.45) is 11.7 Å². The Morgan fingerprint density at radius 1 is 1.53 bits per heavy atom. The van der Waals surface area contributed by atoms with Gasteiger partial charge in [-0.05, 0) is 30.0 Å². The Hall–Kier alpha value is -1.51. The molecule has 0 fully saturated rings. The van der Waals surface area contributed by atoms with Crippen LogP contribution in [0.15, 0.2) is 24.3 Å². The van der Waals surface area contributed by atoms with Gasteiger partial charge in [-0.3, -0.25) is 4.79 Å². The number of carbonyl (C=O) groups excluding carboxylic acids is 1. The molecule has 0 aliphatic carbocycles. The maximum atomic E-state index is 10.7. The van der Waals surface area contributed by atoms with Crippen LogP contribution in [-0.4, -0.2) is 13.0 Å². The maximum absolute atomic E-state index is 10.7. The van der Waals surface area contributed by atoms with Crippen molar-refractivity contribution in [2.45, 2.75) is 19.8 Å². The molecule has 0 aliphatic heterocycles. The van der Waals surface area contributed by atoms with Crippen LogP contribution in [0.4, 0.5) is 0 Å². The van der Waals surface area contributed by atoms with E-state index in [-0.39, 0.29) is 11.8 Å². The Labute approximate surface area is 90.2 Å². The molecular formula is C12H17NO2. The molecule has 0 saturated heterocycles. The number of hydrogen-bond acceptors (Lipinski definition) is 2. The van der Waals surface area contributed by atoms with E-state index in [0.29, 0.717) is 6.42 Å². The molecule has 2 N–H and O–H groups in total. The second-order valence-corrected chi connectivity index (χ2v) is 3.83. The lowest BCUT2D eigenvalue weighted by atomic mass is 9.98. The van der Waals surface area contributed by atoms with Crippen LogP contribution in [0.1, 0.15) is 18.9 Å². The van der Waals surface area contributed by atoms with Gasteiger partial charge in [0.05, 0.1) is 7.11 Å². The van der Waals surface area contributed by atoms with E-state index in [2.05, 4.69) is 0 Å². The molecule has 3 nitrogen and oxygen atoms in total. The van der Waals surface area contributed by atoms with Gasteiger partial charge in [0, 0.05) is 6.42 Å². The zero-order valence-electron chi connectivity index (χ0n) is 9.19. The highest BCUT2D eigenvalue weighted by Gasteiger charge is 2.07. The van der Waals surface area contributed by atoms with E-state index in [4.69, 9.17) is 10.5 Å². The Morgan fingerprint density at radius 3 is 2.87 bits per heavy atom. The molecule has 0 spiro atoms. The second kappa shape index (κ2) is 5.39. The molecule has 0 saturated carbocycles. The minimum atomic E-state index is -0.245. The van der Waals surface area contributed by atoms with Crippen LogP contribution in [0.5, 0.6) is 5.75 Å². The molecule has 3 heteroatoms. The molecule has 1 amide bonds. The summed E-state index contributed by atoms with van der Waals surface area (Å²) in [6.45, 7) is 2.02. The molecule has 15 heavy (non-hydrogen) atoms. The highest BCUT2D eigenvalue weighted by molar-refractivity contribution is 5.73. The first-order chi connectivity index (χ1) is 7.11. The number of amides is 1. The molecule has 0 heterocycles. The van der Waals surface area contributed by atoms with Crippen LogP contribution in [0.3, 0.4) is 0 Å². The third-order valence-electron chi connectivity index (χ3n) is 2.27. The Kier molecular flexibility index (Phi) is 4.16. The topological polar surface area (TPSA) is 52.3 Å². The molecular weight excluding hydrogens is 190 g/mol. The van der Waals surface area contributed by atoms with Gasteiger partial charge in [0.15, 0.2) is 0 Å². The van der Waals surface area contributed by atoms with Crippen molar-refractivity contribution in [3.05, 3.63) is 29.8 Å². The summed E-state index contributed by atoms with van der Waals surface area (Å²) in [5, 5.41) is 0. The quantitative estimate of drug-likeness (QED) is 0.799. The van der Waals surface area contributed by atoms with Crippen molar-refractivity contribution >= 4 is 5.91 Å². The molecule has 1 aromatic carbocycles. The first-order valence-electron chi connectivity index (χ1n) is 5.03. The number of ether oxygens (including phenoxy) is 1. The third-order valence-corrected chi connectivity index (χ3v) is 2.27. The van der Waals surface area contributed by atoms with Crippen LogP contribution in [-0.2, 0) is 11.2 Å². The van der Waals surface area contributed by atoms with E-state index in [0.717, 1.165) is 12.2 Å². The van der Waals surface area contributed by atoms with Crippen LogP contribution < -0.4 is 10.5 Å². The minimum Gasteiger partial charge on any atom is -0.497 e.